The number of thiophene rings is 1. The van der Waals surface area contributed by atoms with E-state index in [4.69, 9.17) is 20.9 Å². The third kappa shape index (κ3) is 4.29. The van der Waals surface area contributed by atoms with E-state index in [2.05, 4.69) is 20.4 Å². The molecule has 0 saturated carbocycles. The normalized spacial score (nSPS) is 15.9. The molecule has 3 aromatic heterocycles. The first-order valence-electron chi connectivity index (χ1n) is 10.5. The van der Waals surface area contributed by atoms with Gasteiger partial charge in [-0.25, -0.2) is 4.98 Å². The van der Waals surface area contributed by atoms with E-state index in [1.54, 1.807) is 19.1 Å². The average Bonchev–Trinajstić information content (AvgIpc) is 3.55. The second-order valence-electron chi connectivity index (χ2n) is 7.76. The summed E-state index contributed by atoms with van der Waals surface area (Å²) < 4.78 is 12.3. The second kappa shape index (κ2) is 9.05. The number of ether oxygens (including phenoxy) is 1. The Labute approximate surface area is 197 Å². The van der Waals surface area contributed by atoms with Gasteiger partial charge in [0.2, 0.25) is 11.7 Å². The number of aryl methyl sites for hydroxylation is 1. The van der Waals surface area contributed by atoms with Gasteiger partial charge in [-0.05, 0) is 37.5 Å². The van der Waals surface area contributed by atoms with Gasteiger partial charge in [-0.2, -0.15) is 4.98 Å². The first-order chi connectivity index (χ1) is 16.0. The Hall–Kier alpha value is -3.08. The first kappa shape index (κ1) is 21.7. The van der Waals surface area contributed by atoms with Crippen LogP contribution in [0.15, 0.2) is 39.9 Å². The quantitative estimate of drug-likeness (QED) is 0.445. The molecule has 0 unspecified atom stereocenters. The second-order valence-corrected chi connectivity index (χ2v) is 9.16. The molecular weight excluding hydrogens is 466 g/mol. The fourth-order valence-electron chi connectivity index (χ4n) is 3.79. The lowest BCUT2D eigenvalue weighted by Crippen LogP contribution is -2.36. The van der Waals surface area contributed by atoms with E-state index in [1.165, 1.54) is 22.2 Å². The lowest BCUT2D eigenvalue weighted by atomic mass is 10.2. The van der Waals surface area contributed by atoms with Gasteiger partial charge in [0.25, 0.3) is 11.4 Å². The standard InChI is InChI=1S/C22H20ClN5O4S/c1-12-17-21(25-11-28(22(17)30)10-16(29)24-9-13-5-4-8-31-13)33-18(12)20-26-19(27-32-20)14-6-2-3-7-15(14)23/h2-3,6-7,11,13H,4-5,8-10H2,1H3,(H,24,29)/t13-/m0/s1. The summed E-state index contributed by atoms with van der Waals surface area (Å²) in [6, 6.07) is 7.22. The third-order valence-corrected chi connectivity index (χ3v) is 7.03. The van der Waals surface area contributed by atoms with Crippen LogP contribution in [0.2, 0.25) is 5.02 Å². The lowest BCUT2D eigenvalue weighted by molar-refractivity contribution is -0.122. The fourth-order valence-corrected chi connectivity index (χ4v) is 5.07. The number of fused-ring (bicyclic) bond motifs is 1. The molecule has 5 rings (SSSR count). The highest BCUT2D eigenvalue weighted by molar-refractivity contribution is 7.22. The third-order valence-electron chi connectivity index (χ3n) is 5.52. The number of aromatic nitrogens is 4. The van der Waals surface area contributed by atoms with Crippen molar-refractivity contribution >= 4 is 39.1 Å². The molecule has 33 heavy (non-hydrogen) atoms. The van der Waals surface area contributed by atoms with Gasteiger partial charge in [0, 0.05) is 18.7 Å². The Morgan fingerprint density at radius 3 is 3.00 bits per heavy atom. The van der Waals surface area contributed by atoms with Gasteiger partial charge in [0.05, 0.1) is 27.7 Å². The largest absolute Gasteiger partial charge is 0.376 e. The van der Waals surface area contributed by atoms with E-state index < -0.39 is 0 Å². The number of nitrogens with zero attached hydrogens (tertiary/aromatic N) is 4. The van der Waals surface area contributed by atoms with Crippen molar-refractivity contribution in [3.05, 3.63) is 51.5 Å². The molecule has 0 spiro atoms. The maximum Gasteiger partial charge on any atom is 0.268 e. The predicted molar refractivity (Wildman–Crippen MR) is 124 cm³/mol. The van der Waals surface area contributed by atoms with Crippen molar-refractivity contribution in [3.8, 4) is 22.2 Å². The molecule has 1 N–H and O–H groups in total. The SMILES string of the molecule is Cc1c(-c2nc(-c3ccccc3Cl)no2)sc2ncn(CC(=O)NC[C@@H]3CCCO3)c(=O)c12. The summed E-state index contributed by atoms with van der Waals surface area (Å²) in [6.45, 7) is 2.85. The van der Waals surface area contributed by atoms with Crippen LogP contribution < -0.4 is 10.9 Å². The number of carbonyl (C=O) groups excluding carboxylic acids is 1. The molecule has 1 fully saturated rings. The zero-order valence-corrected chi connectivity index (χ0v) is 19.3. The van der Waals surface area contributed by atoms with Crippen molar-refractivity contribution in [3.63, 3.8) is 0 Å². The van der Waals surface area contributed by atoms with E-state index >= 15 is 0 Å². The van der Waals surface area contributed by atoms with Crippen molar-refractivity contribution in [1.29, 1.82) is 0 Å². The average molecular weight is 486 g/mol. The van der Waals surface area contributed by atoms with Crippen LogP contribution in [0.3, 0.4) is 0 Å². The Bertz CT molecular complexity index is 1390. The zero-order valence-electron chi connectivity index (χ0n) is 17.7. The summed E-state index contributed by atoms with van der Waals surface area (Å²) in [5, 5.41) is 7.81. The van der Waals surface area contributed by atoms with Crippen molar-refractivity contribution < 1.29 is 14.1 Å². The molecule has 0 aliphatic carbocycles. The number of carbonyl (C=O) groups is 1. The van der Waals surface area contributed by atoms with Crippen LogP contribution in [0.1, 0.15) is 18.4 Å². The van der Waals surface area contributed by atoms with Crippen LogP contribution in [-0.4, -0.2) is 44.9 Å². The van der Waals surface area contributed by atoms with Crippen molar-refractivity contribution in [2.75, 3.05) is 13.2 Å². The Morgan fingerprint density at radius 1 is 1.36 bits per heavy atom. The molecule has 170 valence electrons. The molecule has 1 aliphatic rings. The Balaban J connectivity index is 1.40. The van der Waals surface area contributed by atoms with Crippen LogP contribution in [0.5, 0.6) is 0 Å². The molecule has 0 radical (unpaired) electrons. The molecule has 4 aromatic rings. The topological polar surface area (TPSA) is 112 Å². The van der Waals surface area contributed by atoms with Crippen LogP contribution in [0, 0.1) is 6.92 Å². The van der Waals surface area contributed by atoms with Crippen molar-refractivity contribution in [2.45, 2.75) is 32.4 Å². The zero-order chi connectivity index (χ0) is 22.9. The molecule has 9 nitrogen and oxygen atoms in total. The highest BCUT2D eigenvalue weighted by Crippen LogP contribution is 2.36. The molecule has 11 heteroatoms. The number of rotatable bonds is 6. The fraction of sp³-hybridized carbons (Fsp3) is 0.318. The van der Waals surface area contributed by atoms with Gasteiger partial charge in [-0.15, -0.1) is 11.3 Å². The van der Waals surface area contributed by atoms with Gasteiger partial charge in [-0.1, -0.05) is 28.9 Å². The summed E-state index contributed by atoms with van der Waals surface area (Å²) in [7, 11) is 0. The van der Waals surface area contributed by atoms with Crippen LogP contribution >= 0.6 is 22.9 Å². The van der Waals surface area contributed by atoms with E-state index in [9.17, 15) is 9.59 Å². The molecule has 1 aromatic carbocycles. The summed E-state index contributed by atoms with van der Waals surface area (Å²) in [5.74, 6) is 0.384. The molecule has 1 aliphatic heterocycles. The van der Waals surface area contributed by atoms with E-state index in [-0.39, 0.29) is 30.0 Å². The summed E-state index contributed by atoms with van der Waals surface area (Å²) in [6.07, 6.45) is 3.36. The van der Waals surface area contributed by atoms with Gasteiger partial charge in [-0.3, -0.25) is 14.2 Å². The van der Waals surface area contributed by atoms with Crippen LogP contribution in [-0.2, 0) is 16.1 Å². The van der Waals surface area contributed by atoms with E-state index in [0.717, 1.165) is 19.4 Å². The molecule has 4 heterocycles. The minimum absolute atomic E-state index is 0.0398. The first-order valence-corrected chi connectivity index (χ1v) is 11.7. The van der Waals surface area contributed by atoms with Gasteiger partial charge in [0.15, 0.2) is 0 Å². The Morgan fingerprint density at radius 2 is 2.21 bits per heavy atom. The smallest absolute Gasteiger partial charge is 0.268 e. The minimum atomic E-state index is -0.293. The van der Waals surface area contributed by atoms with Crippen molar-refractivity contribution in [1.82, 2.24) is 25.0 Å². The molecule has 1 saturated heterocycles. The number of amides is 1. The molecule has 1 amide bonds. The van der Waals surface area contributed by atoms with Gasteiger partial charge < -0.3 is 14.6 Å². The molecule has 1 atom stereocenters. The van der Waals surface area contributed by atoms with Crippen LogP contribution in [0.25, 0.3) is 32.4 Å². The highest BCUT2D eigenvalue weighted by atomic mass is 35.5. The minimum Gasteiger partial charge on any atom is -0.376 e. The number of halogens is 1. The lowest BCUT2D eigenvalue weighted by Gasteiger charge is -2.11. The van der Waals surface area contributed by atoms with E-state index in [0.29, 0.717) is 43.6 Å². The number of hydrogen-bond acceptors (Lipinski definition) is 8. The number of benzene rings is 1. The van der Waals surface area contributed by atoms with Crippen LogP contribution in [0.4, 0.5) is 0 Å². The number of nitrogens with one attached hydrogen (secondary N) is 1. The highest BCUT2D eigenvalue weighted by Gasteiger charge is 2.22. The Kier molecular flexibility index (Phi) is 5.96. The van der Waals surface area contributed by atoms with Crippen molar-refractivity contribution in [2.24, 2.45) is 0 Å². The van der Waals surface area contributed by atoms with Gasteiger partial charge in [0.1, 0.15) is 11.4 Å². The summed E-state index contributed by atoms with van der Waals surface area (Å²) in [4.78, 5) is 35.5. The monoisotopic (exact) mass is 485 g/mol. The predicted octanol–water partition coefficient (Wildman–Crippen LogP) is 3.43. The van der Waals surface area contributed by atoms with E-state index in [1.807, 2.05) is 12.1 Å². The maximum absolute atomic E-state index is 13.1. The molecule has 0 bridgehead atoms. The summed E-state index contributed by atoms with van der Waals surface area (Å²) >= 11 is 7.52. The van der Waals surface area contributed by atoms with Gasteiger partial charge >= 0.3 is 0 Å². The molecular formula is C22H20ClN5O4S. The maximum atomic E-state index is 13.1. The number of hydrogen-bond donors (Lipinski definition) is 1. The summed E-state index contributed by atoms with van der Waals surface area (Å²) in [5.41, 5.74) is 1.04.